The van der Waals surface area contributed by atoms with Crippen LogP contribution in [0.4, 0.5) is 0 Å². The number of hydrogen-bond acceptors (Lipinski definition) is 4. The lowest BCUT2D eigenvalue weighted by Gasteiger charge is -2.28. The molecule has 212 valence electrons. The Hall–Kier alpha value is -4.01. The average molecular weight is 594 g/mol. The minimum atomic E-state index is -0.418. The first-order valence-corrected chi connectivity index (χ1v) is 14.1. The average Bonchev–Trinajstić information content (AvgIpc) is 3.26. The van der Waals surface area contributed by atoms with Crippen LogP contribution in [0.1, 0.15) is 58.9 Å². The molecule has 0 unspecified atom stereocenters. The number of imidazole rings is 1. The van der Waals surface area contributed by atoms with Crippen molar-refractivity contribution < 1.29 is 14.3 Å². The van der Waals surface area contributed by atoms with E-state index in [9.17, 15) is 14.4 Å². The number of carbonyl (C=O) groups excluding carboxylic acids is 2. The zero-order chi connectivity index (χ0) is 29.3. The van der Waals surface area contributed by atoms with Crippen molar-refractivity contribution in [2.75, 3.05) is 6.54 Å². The predicted octanol–water partition coefficient (Wildman–Crippen LogP) is 5.88. The van der Waals surface area contributed by atoms with Gasteiger partial charge in [-0.2, -0.15) is 0 Å². The molecule has 0 fully saturated rings. The third-order valence-electron chi connectivity index (χ3n) is 6.96. The number of nitrogens with zero attached hydrogens (tertiary/aromatic N) is 3. The van der Waals surface area contributed by atoms with Crippen molar-refractivity contribution in [1.29, 1.82) is 0 Å². The molecule has 1 aliphatic heterocycles. The first-order valence-electron chi connectivity index (χ1n) is 13.4. The molecule has 10 heteroatoms. The fraction of sp³-hybridized carbons (Fsp3) is 0.258. The highest BCUT2D eigenvalue weighted by atomic mass is 35.5. The quantitative estimate of drug-likeness (QED) is 0.290. The highest BCUT2D eigenvalue weighted by molar-refractivity contribution is 6.42. The number of carbonyl (C=O) groups is 2. The Morgan fingerprint density at radius 1 is 0.902 bits per heavy atom. The van der Waals surface area contributed by atoms with E-state index in [2.05, 4.69) is 5.32 Å². The molecular weight excluding hydrogens is 563 g/mol. The number of nitrogens with one attached hydrogen (secondary N) is 1. The Labute approximate surface area is 248 Å². The second-order valence-electron chi connectivity index (χ2n) is 10.2. The van der Waals surface area contributed by atoms with Gasteiger partial charge in [-0.1, -0.05) is 53.5 Å². The molecule has 4 aromatic rings. The molecule has 41 heavy (non-hydrogen) atoms. The van der Waals surface area contributed by atoms with Crippen molar-refractivity contribution in [1.82, 2.24) is 19.4 Å². The third kappa shape index (κ3) is 5.89. The van der Waals surface area contributed by atoms with E-state index < -0.39 is 5.91 Å². The monoisotopic (exact) mass is 592 g/mol. The van der Waals surface area contributed by atoms with E-state index in [1.165, 1.54) is 10.6 Å². The maximum Gasteiger partial charge on any atom is 0.333 e. The van der Waals surface area contributed by atoms with Crippen LogP contribution in [-0.4, -0.2) is 38.5 Å². The van der Waals surface area contributed by atoms with Gasteiger partial charge in [-0.15, -0.1) is 0 Å². The Morgan fingerprint density at radius 3 is 2.27 bits per heavy atom. The zero-order valence-corrected chi connectivity index (χ0v) is 24.4. The zero-order valence-electron chi connectivity index (χ0n) is 22.9. The van der Waals surface area contributed by atoms with Gasteiger partial charge in [-0.05, 0) is 68.8 Å². The van der Waals surface area contributed by atoms with E-state index in [4.69, 9.17) is 27.9 Å². The lowest BCUT2D eigenvalue weighted by Crippen LogP contribution is -2.41. The summed E-state index contributed by atoms with van der Waals surface area (Å²) in [6, 6.07) is 21.0. The summed E-state index contributed by atoms with van der Waals surface area (Å²) in [5.41, 5.74) is 2.11. The maximum absolute atomic E-state index is 13.9. The molecule has 2 heterocycles. The minimum absolute atomic E-state index is 0.00905. The number of ether oxygens (including phenoxy) is 1. The molecule has 1 aliphatic rings. The molecule has 1 aromatic heterocycles. The van der Waals surface area contributed by atoms with Crippen molar-refractivity contribution in [2.24, 2.45) is 0 Å². The van der Waals surface area contributed by atoms with Crippen LogP contribution in [0.5, 0.6) is 5.75 Å². The van der Waals surface area contributed by atoms with E-state index in [1.54, 1.807) is 45.9 Å². The molecule has 3 aromatic carbocycles. The Kier molecular flexibility index (Phi) is 8.24. The van der Waals surface area contributed by atoms with Gasteiger partial charge in [0.1, 0.15) is 11.4 Å². The Balaban J connectivity index is 1.55. The summed E-state index contributed by atoms with van der Waals surface area (Å²) >= 11 is 12.2. The lowest BCUT2D eigenvalue weighted by molar-refractivity contribution is 0.0706. The molecule has 0 spiro atoms. The molecule has 0 saturated heterocycles. The molecule has 0 bridgehead atoms. The van der Waals surface area contributed by atoms with Gasteiger partial charge in [0, 0.05) is 18.7 Å². The number of hydrogen-bond donors (Lipinski definition) is 1. The van der Waals surface area contributed by atoms with Gasteiger partial charge in [0.2, 0.25) is 0 Å². The minimum Gasteiger partial charge on any atom is -0.491 e. The SMILES string of the molecule is CC(C)Oc1ccc(-n2c(C(=O)N[C@H](C)c3ccccc3)c3n(c2=O)CCN(C(=O)c2ccc(Cl)c(Cl)c2)C3)cc1. The second-order valence-corrected chi connectivity index (χ2v) is 11.0. The van der Waals surface area contributed by atoms with E-state index in [0.29, 0.717) is 34.3 Å². The molecule has 2 amide bonds. The number of benzene rings is 3. The van der Waals surface area contributed by atoms with Gasteiger partial charge in [0.05, 0.1) is 40.1 Å². The van der Waals surface area contributed by atoms with Crippen molar-refractivity contribution >= 4 is 35.0 Å². The highest BCUT2D eigenvalue weighted by Crippen LogP contribution is 2.26. The van der Waals surface area contributed by atoms with Crippen LogP contribution in [0, 0.1) is 0 Å². The van der Waals surface area contributed by atoms with Crippen LogP contribution in [0.2, 0.25) is 10.0 Å². The molecule has 0 saturated carbocycles. The van der Waals surface area contributed by atoms with E-state index in [0.717, 1.165) is 5.56 Å². The standard InChI is InChI=1S/C31H30Cl2N4O4/c1-19(2)41-24-12-10-23(11-13-24)37-28(29(38)34-20(3)21-7-5-4-6-8-21)27-18-35(15-16-36(27)31(37)40)30(39)22-9-14-25(32)26(33)17-22/h4-14,17,19-20H,15-16,18H2,1-3H3,(H,34,38)/t20-/m1/s1. The van der Waals surface area contributed by atoms with Crippen LogP contribution >= 0.6 is 23.2 Å². The first-order chi connectivity index (χ1) is 19.6. The fourth-order valence-electron chi connectivity index (χ4n) is 4.95. The fourth-order valence-corrected chi connectivity index (χ4v) is 5.25. The van der Waals surface area contributed by atoms with Crippen molar-refractivity contribution in [2.45, 2.75) is 46.0 Å². The Morgan fingerprint density at radius 2 is 1.61 bits per heavy atom. The molecular formula is C31H30Cl2N4O4. The molecule has 1 N–H and O–H groups in total. The summed E-state index contributed by atoms with van der Waals surface area (Å²) in [5.74, 6) is -0.0318. The predicted molar refractivity (Wildman–Crippen MR) is 159 cm³/mol. The maximum atomic E-state index is 13.9. The van der Waals surface area contributed by atoms with Gasteiger partial charge >= 0.3 is 5.69 Å². The van der Waals surface area contributed by atoms with E-state index >= 15 is 0 Å². The van der Waals surface area contributed by atoms with Gasteiger partial charge in [0.15, 0.2) is 0 Å². The van der Waals surface area contributed by atoms with E-state index in [-0.39, 0.29) is 47.5 Å². The number of rotatable bonds is 7. The summed E-state index contributed by atoms with van der Waals surface area (Å²) in [4.78, 5) is 42.7. The van der Waals surface area contributed by atoms with Crippen molar-refractivity contribution in [3.8, 4) is 11.4 Å². The molecule has 5 rings (SSSR count). The number of aromatic nitrogens is 2. The van der Waals surface area contributed by atoms with Gasteiger partial charge in [-0.25, -0.2) is 4.79 Å². The number of fused-ring (bicyclic) bond motifs is 1. The van der Waals surface area contributed by atoms with Gasteiger partial charge in [0.25, 0.3) is 11.8 Å². The summed E-state index contributed by atoms with van der Waals surface area (Å²) in [7, 11) is 0. The summed E-state index contributed by atoms with van der Waals surface area (Å²) in [5, 5.41) is 3.67. The highest BCUT2D eigenvalue weighted by Gasteiger charge is 2.32. The lowest BCUT2D eigenvalue weighted by atomic mass is 10.1. The third-order valence-corrected chi connectivity index (χ3v) is 7.70. The largest absolute Gasteiger partial charge is 0.491 e. The summed E-state index contributed by atoms with van der Waals surface area (Å²) in [6.07, 6.45) is -0.00905. The molecule has 0 aliphatic carbocycles. The Bertz CT molecular complexity index is 1650. The first kappa shape index (κ1) is 28.5. The molecule has 1 atom stereocenters. The summed E-state index contributed by atoms with van der Waals surface area (Å²) in [6.45, 7) is 6.34. The number of amides is 2. The van der Waals surface area contributed by atoms with Gasteiger partial charge < -0.3 is 15.0 Å². The van der Waals surface area contributed by atoms with Crippen LogP contribution in [0.3, 0.4) is 0 Å². The smallest absolute Gasteiger partial charge is 0.333 e. The van der Waals surface area contributed by atoms with E-state index in [1.807, 2.05) is 51.1 Å². The topological polar surface area (TPSA) is 85.6 Å². The molecule has 8 nitrogen and oxygen atoms in total. The molecule has 0 radical (unpaired) electrons. The normalized spacial score (nSPS) is 13.6. The van der Waals surface area contributed by atoms with Crippen LogP contribution < -0.4 is 15.7 Å². The summed E-state index contributed by atoms with van der Waals surface area (Å²) < 4.78 is 8.74. The van der Waals surface area contributed by atoms with Gasteiger partial charge in [-0.3, -0.25) is 18.7 Å². The number of halogens is 2. The van der Waals surface area contributed by atoms with Crippen molar-refractivity contribution in [3.63, 3.8) is 0 Å². The van der Waals surface area contributed by atoms with Crippen LogP contribution in [0.15, 0.2) is 77.6 Å². The van der Waals surface area contributed by atoms with Crippen molar-refractivity contribution in [3.05, 3.63) is 116 Å². The van der Waals surface area contributed by atoms with Crippen LogP contribution in [0.25, 0.3) is 5.69 Å². The second kappa shape index (κ2) is 11.8. The van der Waals surface area contributed by atoms with Crippen LogP contribution in [-0.2, 0) is 13.1 Å².